The molecule has 1 aliphatic heterocycles. The zero-order chi connectivity index (χ0) is 19.9. The molecule has 1 saturated heterocycles. The standard InChI is InChI=1S/C20H23N3O4S/c1-27-11-9-21-18(24)16-7-3-10-23(16)20(26)14-5-2-6-15(13-14)22-19(25)17-8-4-12-28-17/h2,4-6,8,12-13,16H,3,7,9-11H2,1H3,(H,21,24)(H,22,25). The summed E-state index contributed by atoms with van der Waals surface area (Å²) in [5, 5.41) is 7.44. The minimum Gasteiger partial charge on any atom is -0.383 e. The van der Waals surface area contributed by atoms with Crippen LogP contribution < -0.4 is 10.6 Å². The number of ether oxygens (including phenoxy) is 1. The van der Waals surface area contributed by atoms with Gasteiger partial charge in [-0.2, -0.15) is 0 Å². The summed E-state index contributed by atoms with van der Waals surface area (Å²) >= 11 is 1.35. The zero-order valence-electron chi connectivity index (χ0n) is 15.6. The van der Waals surface area contributed by atoms with Crippen LogP contribution in [-0.2, 0) is 9.53 Å². The molecule has 1 aromatic carbocycles. The Hall–Kier alpha value is -2.71. The molecule has 8 heteroatoms. The molecule has 28 heavy (non-hydrogen) atoms. The largest absolute Gasteiger partial charge is 0.383 e. The van der Waals surface area contributed by atoms with Crippen LogP contribution in [0.25, 0.3) is 0 Å². The molecule has 0 spiro atoms. The molecule has 3 amide bonds. The number of hydrogen-bond donors (Lipinski definition) is 2. The van der Waals surface area contributed by atoms with Gasteiger partial charge >= 0.3 is 0 Å². The van der Waals surface area contributed by atoms with E-state index in [2.05, 4.69) is 10.6 Å². The lowest BCUT2D eigenvalue weighted by molar-refractivity contribution is -0.125. The fraction of sp³-hybridized carbons (Fsp3) is 0.350. The van der Waals surface area contributed by atoms with E-state index in [1.54, 1.807) is 42.3 Å². The Morgan fingerprint density at radius 2 is 2.11 bits per heavy atom. The number of nitrogens with one attached hydrogen (secondary N) is 2. The van der Waals surface area contributed by atoms with Gasteiger partial charge in [-0.3, -0.25) is 14.4 Å². The Balaban J connectivity index is 1.68. The first-order chi connectivity index (χ1) is 13.6. The average molecular weight is 401 g/mol. The van der Waals surface area contributed by atoms with Crippen LogP contribution in [0.1, 0.15) is 32.9 Å². The SMILES string of the molecule is COCCNC(=O)C1CCCN1C(=O)c1cccc(NC(=O)c2cccs2)c1. The van der Waals surface area contributed by atoms with E-state index in [0.717, 1.165) is 6.42 Å². The molecule has 2 aromatic rings. The number of nitrogens with zero attached hydrogens (tertiary/aromatic N) is 1. The van der Waals surface area contributed by atoms with Gasteiger partial charge in [-0.15, -0.1) is 11.3 Å². The highest BCUT2D eigenvalue weighted by atomic mass is 32.1. The average Bonchev–Trinajstić information content (AvgIpc) is 3.39. The predicted molar refractivity (Wildman–Crippen MR) is 108 cm³/mol. The first kappa shape index (κ1) is 20.0. The first-order valence-electron chi connectivity index (χ1n) is 9.12. The number of hydrogen-bond acceptors (Lipinski definition) is 5. The molecule has 1 aromatic heterocycles. The van der Waals surface area contributed by atoms with Crippen LogP contribution in [0.5, 0.6) is 0 Å². The molecule has 0 saturated carbocycles. The predicted octanol–water partition coefficient (Wildman–Crippen LogP) is 2.37. The van der Waals surface area contributed by atoms with Crippen molar-refractivity contribution in [3.63, 3.8) is 0 Å². The van der Waals surface area contributed by atoms with Gasteiger partial charge in [0.25, 0.3) is 11.8 Å². The number of benzene rings is 1. The van der Waals surface area contributed by atoms with E-state index in [-0.39, 0.29) is 17.7 Å². The van der Waals surface area contributed by atoms with E-state index in [1.165, 1.54) is 11.3 Å². The first-order valence-corrected chi connectivity index (χ1v) is 10.0. The highest BCUT2D eigenvalue weighted by Gasteiger charge is 2.34. The van der Waals surface area contributed by atoms with E-state index >= 15 is 0 Å². The molecule has 1 aliphatic rings. The minimum absolute atomic E-state index is 0.162. The number of thiophene rings is 1. The third-order valence-corrected chi connectivity index (χ3v) is 5.40. The summed E-state index contributed by atoms with van der Waals surface area (Å²) in [5.41, 5.74) is 0.991. The van der Waals surface area contributed by atoms with Crippen LogP contribution in [-0.4, -0.2) is 55.5 Å². The quantitative estimate of drug-likeness (QED) is 0.698. The molecule has 0 bridgehead atoms. The van der Waals surface area contributed by atoms with Gasteiger partial charge in [0.2, 0.25) is 5.91 Å². The number of carbonyl (C=O) groups excluding carboxylic acids is 3. The normalized spacial score (nSPS) is 16.0. The van der Waals surface area contributed by atoms with Crippen molar-refractivity contribution >= 4 is 34.7 Å². The molecule has 1 unspecified atom stereocenters. The molecule has 0 radical (unpaired) electrons. The molecule has 148 valence electrons. The fourth-order valence-electron chi connectivity index (χ4n) is 3.17. The van der Waals surface area contributed by atoms with Crippen molar-refractivity contribution < 1.29 is 19.1 Å². The number of amides is 3. The minimum atomic E-state index is -0.478. The van der Waals surface area contributed by atoms with E-state index in [9.17, 15) is 14.4 Å². The third-order valence-electron chi connectivity index (χ3n) is 4.53. The second kappa shape index (κ2) is 9.48. The Bertz CT molecular complexity index is 838. The Morgan fingerprint density at radius 1 is 1.25 bits per heavy atom. The van der Waals surface area contributed by atoms with E-state index in [0.29, 0.717) is 42.2 Å². The van der Waals surface area contributed by atoms with Gasteiger partial charge < -0.3 is 20.3 Å². The topological polar surface area (TPSA) is 87.7 Å². The summed E-state index contributed by atoms with van der Waals surface area (Å²) in [7, 11) is 1.57. The molecule has 1 fully saturated rings. The summed E-state index contributed by atoms with van der Waals surface area (Å²) in [6, 6.07) is 9.88. The molecule has 3 rings (SSSR count). The van der Waals surface area contributed by atoms with Crippen LogP contribution in [0.15, 0.2) is 41.8 Å². The highest BCUT2D eigenvalue weighted by molar-refractivity contribution is 7.12. The zero-order valence-corrected chi connectivity index (χ0v) is 16.5. The van der Waals surface area contributed by atoms with Crippen LogP contribution in [0.4, 0.5) is 5.69 Å². The van der Waals surface area contributed by atoms with Crippen LogP contribution >= 0.6 is 11.3 Å². The third kappa shape index (κ3) is 4.76. The summed E-state index contributed by atoms with van der Waals surface area (Å²) in [4.78, 5) is 39.8. The molecular weight excluding hydrogens is 378 g/mol. The van der Waals surface area contributed by atoms with Crippen molar-refractivity contribution in [1.29, 1.82) is 0 Å². The van der Waals surface area contributed by atoms with Crippen LogP contribution in [0.2, 0.25) is 0 Å². The maximum Gasteiger partial charge on any atom is 0.265 e. The van der Waals surface area contributed by atoms with Gasteiger partial charge in [-0.05, 0) is 42.5 Å². The van der Waals surface area contributed by atoms with Gasteiger partial charge in [0.15, 0.2) is 0 Å². The lowest BCUT2D eigenvalue weighted by atomic mass is 10.1. The lowest BCUT2D eigenvalue weighted by Crippen LogP contribution is -2.46. The summed E-state index contributed by atoms with van der Waals surface area (Å²) in [6.45, 7) is 1.38. The number of anilines is 1. The van der Waals surface area contributed by atoms with E-state index in [1.807, 2.05) is 11.4 Å². The highest BCUT2D eigenvalue weighted by Crippen LogP contribution is 2.22. The Morgan fingerprint density at radius 3 is 2.86 bits per heavy atom. The fourth-order valence-corrected chi connectivity index (χ4v) is 3.79. The Labute approximate surface area is 167 Å². The molecule has 0 aliphatic carbocycles. The Kier molecular flexibility index (Phi) is 6.78. The van der Waals surface area contributed by atoms with Crippen molar-refractivity contribution in [2.24, 2.45) is 0 Å². The molecule has 7 nitrogen and oxygen atoms in total. The monoisotopic (exact) mass is 401 g/mol. The van der Waals surface area contributed by atoms with Crippen molar-refractivity contribution in [3.05, 3.63) is 52.2 Å². The van der Waals surface area contributed by atoms with E-state index in [4.69, 9.17) is 4.74 Å². The van der Waals surface area contributed by atoms with Crippen molar-refractivity contribution in [1.82, 2.24) is 10.2 Å². The number of likely N-dealkylation sites (tertiary alicyclic amines) is 1. The molecular formula is C20H23N3O4S. The smallest absolute Gasteiger partial charge is 0.265 e. The van der Waals surface area contributed by atoms with Crippen LogP contribution in [0.3, 0.4) is 0 Å². The molecule has 1 atom stereocenters. The maximum absolute atomic E-state index is 13.0. The van der Waals surface area contributed by atoms with Gasteiger partial charge in [-0.1, -0.05) is 12.1 Å². The number of carbonyl (C=O) groups is 3. The summed E-state index contributed by atoms with van der Waals surface area (Å²) in [5.74, 6) is -0.585. The molecule has 2 N–H and O–H groups in total. The second-order valence-electron chi connectivity index (χ2n) is 6.45. The van der Waals surface area contributed by atoms with Crippen molar-refractivity contribution in [3.8, 4) is 0 Å². The van der Waals surface area contributed by atoms with Crippen molar-refractivity contribution in [2.75, 3.05) is 32.1 Å². The second-order valence-corrected chi connectivity index (χ2v) is 7.40. The number of rotatable bonds is 7. The van der Waals surface area contributed by atoms with E-state index < -0.39 is 6.04 Å². The maximum atomic E-state index is 13.0. The van der Waals surface area contributed by atoms with Gasteiger partial charge in [0.1, 0.15) is 6.04 Å². The van der Waals surface area contributed by atoms with Crippen LogP contribution in [0, 0.1) is 0 Å². The molecule has 2 heterocycles. The van der Waals surface area contributed by atoms with Crippen molar-refractivity contribution in [2.45, 2.75) is 18.9 Å². The number of methoxy groups -OCH3 is 1. The lowest BCUT2D eigenvalue weighted by Gasteiger charge is -2.24. The van der Waals surface area contributed by atoms with Gasteiger partial charge in [-0.25, -0.2) is 0 Å². The summed E-state index contributed by atoms with van der Waals surface area (Å²) < 4.78 is 4.94. The van der Waals surface area contributed by atoms with Gasteiger partial charge in [0, 0.05) is 31.5 Å². The summed E-state index contributed by atoms with van der Waals surface area (Å²) in [6.07, 6.45) is 1.42. The van der Waals surface area contributed by atoms with Gasteiger partial charge in [0.05, 0.1) is 11.5 Å².